The number of hydrogen-bond donors (Lipinski definition) is 1. The minimum Gasteiger partial charge on any atom is -0.376 e. The number of unbranched alkanes of at least 4 members (excludes halogenated alkanes) is 1. The smallest absolute Gasteiger partial charge is 0.193 e. The predicted molar refractivity (Wildman–Crippen MR) is 110 cm³/mol. The number of rotatable bonds is 7. The Kier molecular flexibility index (Phi) is 12.0. The van der Waals surface area contributed by atoms with Gasteiger partial charge in [0.15, 0.2) is 5.96 Å². The van der Waals surface area contributed by atoms with E-state index in [9.17, 15) is 0 Å². The second-order valence-corrected chi connectivity index (χ2v) is 6.60. The van der Waals surface area contributed by atoms with Crippen molar-refractivity contribution in [3.63, 3.8) is 0 Å². The molecule has 0 radical (unpaired) electrons. The van der Waals surface area contributed by atoms with E-state index in [1.165, 1.54) is 19.3 Å². The average molecular weight is 453 g/mol. The number of nitrogens with one attached hydrogen (secondary N) is 1. The Hall–Kier alpha value is -0.0800. The molecular formula is C18H36IN3O2. The fourth-order valence-corrected chi connectivity index (χ4v) is 3.19. The summed E-state index contributed by atoms with van der Waals surface area (Å²) in [6.45, 7) is 9.95. The van der Waals surface area contributed by atoms with E-state index in [0.717, 1.165) is 71.0 Å². The lowest BCUT2D eigenvalue weighted by molar-refractivity contribution is -0.0721. The van der Waals surface area contributed by atoms with E-state index < -0.39 is 0 Å². The fourth-order valence-electron chi connectivity index (χ4n) is 3.19. The molecule has 5 nitrogen and oxygen atoms in total. The number of aliphatic imine (C=N–C) groups is 1. The number of nitrogens with zero attached hydrogens (tertiary/aromatic N) is 2. The standard InChI is InChI=1S/C18H35N3O2.HI/c1-3-5-11-20-18(19-4-2)21-12-9-16(10-13-21)23-15-17-8-6-7-14-22-17;/h16-17H,3-15H2,1-2H3,(H,19,20);1H. The molecule has 0 aromatic carbocycles. The van der Waals surface area contributed by atoms with Crippen LogP contribution in [0.5, 0.6) is 0 Å². The van der Waals surface area contributed by atoms with Crippen molar-refractivity contribution in [2.24, 2.45) is 4.99 Å². The zero-order chi connectivity index (χ0) is 16.3. The van der Waals surface area contributed by atoms with Crippen LogP contribution in [0.15, 0.2) is 4.99 Å². The molecule has 2 rings (SSSR count). The van der Waals surface area contributed by atoms with Crippen molar-refractivity contribution in [3.8, 4) is 0 Å². The Labute approximate surface area is 165 Å². The maximum Gasteiger partial charge on any atom is 0.193 e. The van der Waals surface area contributed by atoms with E-state index >= 15 is 0 Å². The topological polar surface area (TPSA) is 46.1 Å². The highest BCUT2D eigenvalue weighted by atomic mass is 127. The molecule has 2 aliphatic heterocycles. The van der Waals surface area contributed by atoms with Crippen molar-refractivity contribution in [1.29, 1.82) is 0 Å². The fraction of sp³-hybridized carbons (Fsp3) is 0.944. The Morgan fingerprint density at radius 3 is 2.62 bits per heavy atom. The van der Waals surface area contributed by atoms with Crippen LogP contribution in [0.4, 0.5) is 0 Å². The monoisotopic (exact) mass is 453 g/mol. The summed E-state index contributed by atoms with van der Waals surface area (Å²) in [6.07, 6.45) is 8.90. The normalized spacial score (nSPS) is 23.0. The van der Waals surface area contributed by atoms with Crippen LogP contribution in [0.3, 0.4) is 0 Å². The summed E-state index contributed by atoms with van der Waals surface area (Å²) < 4.78 is 11.8. The molecule has 1 N–H and O–H groups in total. The summed E-state index contributed by atoms with van der Waals surface area (Å²) >= 11 is 0. The number of hydrogen-bond acceptors (Lipinski definition) is 3. The van der Waals surface area contributed by atoms with E-state index in [-0.39, 0.29) is 24.0 Å². The third-order valence-electron chi connectivity index (χ3n) is 4.64. The number of piperidine rings is 1. The molecule has 2 aliphatic rings. The van der Waals surface area contributed by atoms with Crippen LogP contribution >= 0.6 is 24.0 Å². The molecule has 0 aromatic rings. The molecule has 0 spiro atoms. The zero-order valence-corrected chi connectivity index (χ0v) is 17.8. The van der Waals surface area contributed by atoms with E-state index in [0.29, 0.717) is 12.2 Å². The number of likely N-dealkylation sites (tertiary alicyclic amines) is 1. The van der Waals surface area contributed by atoms with E-state index in [1.54, 1.807) is 0 Å². The highest BCUT2D eigenvalue weighted by molar-refractivity contribution is 14.0. The van der Waals surface area contributed by atoms with Gasteiger partial charge in [-0.2, -0.15) is 0 Å². The van der Waals surface area contributed by atoms with Crippen LogP contribution in [-0.2, 0) is 9.47 Å². The summed E-state index contributed by atoms with van der Waals surface area (Å²) in [5, 5.41) is 3.42. The van der Waals surface area contributed by atoms with Gasteiger partial charge >= 0.3 is 0 Å². The second-order valence-electron chi connectivity index (χ2n) is 6.60. The lowest BCUT2D eigenvalue weighted by Crippen LogP contribution is -2.47. The van der Waals surface area contributed by atoms with Crippen molar-refractivity contribution in [2.75, 3.05) is 39.4 Å². The van der Waals surface area contributed by atoms with Crippen molar-refractivity contribution in [2.45, 2.75) is 71.0 Å². The molecule has 24 heavy (non-hydrogen) atoms. The van der Waals surface area contributed by atoms with Crippen LogP contribution in [0.1, 0.15) is 58.8 Å². The summed E-state index contributed by atoms with van der Waals surface area (Å²) in [5.41, 5.74) is 0. The number of ether oxygens (including phenoxy) is 2. The Morgan fingerprint density at radius 2 is 2.00 bits per heavy atom. The molecule has 2 heterocycles. The van der Waals surface area contributed by atoms with Crippen LogP contribution in [0.2, 0.25) is 0 Å². The van der Waals surface area contributed by atoms with Crippen molar-refractivity contribution < 1.29 is 9.47 Å². The summed E-state index contributed by atoms with van der Waals surface area (Å²) in [5.74, 6) is 1.08. The van der Waals surface area contributed by atoms with Gasteiger partial charge in [-0.3, -0.25) is 4.99 Å². The molecule has 0 bridgehead atoms. The predicted octanol–water partition coefficient (Wildman–Crippen LogP) is 3.42. The number of halogens is 1. The van der Waals surface area contributed by atoms with Gasteiger partial charge in [0.2, 0.25) is 0 Å². The Morgan fingerprint density at radius 1 is 1.21 bits per heavy atom. The van der Waals surface area contributed by atoms with Crippen LogP contribution in [0.25, 0.3) is 0 Å². The lowest BCUT2D eigenvalue weighted by Gasteiger charge is -2.35. The molecule has 0 aliphatic carbocycles. The van der Waals surface area contributed by atoms with Gasteiger partial charge in [-0.15, -0.1) is 24.0 Å². The highest BCUT2D eigenvalue weighted by Crippen LogP contribution is 2.18. The molecular weight excluding hydrogens is 417 g/mol. The highest BCUT2D eigenvalue weighted by Gasteiger charge is 2.23. The molecule has 0 amide bonds. The van der Waals surface area contributed by atoms with Crippen LogP contribution in [0, 0.1) is 0 Å². The van der Waals surface area contributed by atoms with Crippen molar-refractivity contribution in [1.82, 2.24) is 10.2 Å². The first-order chi connectivity index (χ1) is 11.3. The maximum absolute atomic E-state index is 6.10. The Balaban J connectivity index is 0.00000288. The molecule has 2 fully saturated rings. The van der Waals surface area contributed by atoms with Crippen molar-refractivity contribution in [3.05, 3.63) is 0 Å². The first-order valence-electron chi connectivity index (χ1n) is 9.60. The third-order valence-corrected chi connectivity index (χ3v) is 4.64. The molecule has 0 saturated carbocycles. The van der Waals surface area contributed by atoms with Gasteiger partial charge in [0.05, 0.1) is 18.8 Å². The molecule has 2 saturated heterocycles. The van der Waals surface area contributed by atoms with Gasteiger partial charge in [-0.1, -0.05) is 13.3 Å². The van der Waals surface area contributed by atoms with Crippen LogP contribution in [-0.4, -0.2) is 62.5 Å². The Bertz CT molecular complexity index is 341. The van der Waals surface area contributed by atoms with E-state index in [2.05, 4.69) is 24.1 Å². The van der Waals surface area contributed by atoms with Crippen LogP contribution < -0.4 is 5.32 Å². The molecule has 1 unspecified atom stereocenters. The summed E-state index contributed by atoms with van der Waals surface area (Å²) in [7, 11) is 0. The largest absolute Gasteiger partial charge is 0.376 e. The molecule has 1 atom stereocenters. The summed E-state index contributed by atoms with van der Waals surface area (Å²) in [4.78, 5) is 7.13. The minimum atomic E-state index is 0. The SMILES string of the molecule is CCCCN=C(NCC)N1CCC(OCC2CCCCO2)CC1.I. The van der Waals surface area contributed by atoms with Gasteiger partial charge in [0.1, 0.15) is 0 Å². The molecule has 142 valence electrons. The van der Waals surface area contributed by atoms with Crippen molar-refractivity contribution >= 4 is 29.9 Å². The third kappa shape index (κ3) is 7.87. The first-order valence-corrected chi connectivity index (χ1v) is 9.60. The lowest BCUT2D eigenvalue weighted by atomic mass is 10.1. The van der Waals surface area contributed by atoms with E-state index in [4.69, 9.17) is 14.5 Å². The van der Waals surface area contributed by atoms with Gasteiger partial charge in [-0.05, 0) is 45.4 Å². The van der Waals surface area contributed by atoms with Gasteiger partial charge in [-0.25, -0.2) is 0 Å². The van der Waals surface area contributed by atoms with E-state index in [1.807, 2.05) is 0 Å². The second kappa shape index (κ2) is 13.2. The minimum absolute atomic E-state index is 0. The zero-order valence-electron chi connectivity index (χ0n) is 15.5. The molecule has 0 aromatic heterocycles. The van der Waals surface area contributed by atoms with Gasteiger partial charge < -0.3 is 19.7 Å². The quantitative estimate of drug-likeness (QED) is 0.278. The van der Waals surface area contributed by atoms with Gasteiger partial charge in [0, 0.05) is 32.8 Å². The number of guanidine groups is 1. The maximum atomic E-state index is 6.10. The first kappa shape index (κ1) is 22.0. The van der Waals surface area contributed by atoms with Gasteiger partial charge in [0.25, 0.3) is 0 Å². The molecule has 6 heteroatoms. The average Bonchev–Trinajstić information content (AvgIpc) is 2.61. The summed E-state index contributed by atoms with van der Waals surface area (Å²) in [6, 6.07) is 0.